The predicted molar refractivity (Wildman–Crippen MR) is 81.8 cm³/mol. The van der Waals surface area contributed by atoms with Crippen molar-refractivity contribution in [2.45, 2.75) is 44.2 Å². The highest BCUT2D eigenvalue weighted by Crippen LogP contribution is 2.46. The van der Waals surface area contributed by atoms with E-state index >= 15 is 0 Å². The number of amides is 2. The smallest absolute Gasteiger partial charge is 0.315 e. The number of urea groups is 1. The van der Waals surface area contributed by atoms with E-state index in [0.717, 1.165) is 31.2 Å². The summed E-state index contributed by atoms with van der Waals surface area (Å²) >= 11 is 0. The third-order valence-corrected chi connectivity index (χ3v) is 4.91. The molecule has 0 unspecified atom stereocenters. The number of nitrogens with one attached hydrogen (secondary N) is 2. The first-order valence-electron chi connectivity index (χ1n) is 7.89. The lowest BCUT2D eigenvalue weighted by Crippen LogP contribution is -2.50. The van der Waals surface area contributed by atoms with E-state index in [-0.39, 0.29) is 12.1 Å². The van der Waals surface area contributed by atoms with E-state index in [4.69, 9.17) is 0 Å². The molecule has 0 aliphatic heterocycles. The summed E-state index contributed by atoms with van der Waals surface area (Å²) in [6.07, 6.45) is 3.78. The maximum Gasteiger partial charge on any atom is 0.315 e. The van der Waals surface area contributed by atoms with Crippen molar-refractivity contribution in [3.63, 3.8) is 0 Å². The zero-order chi connectivity index (χ0) is 14.9. The monoisotopic (exact) mass is 288 g/mol. The highest BCUT2D eigenvalue weighted by atomic mass is 16.3. The summed E-state index contributed by atoms with van der Waals surface area (Å²) in [6.45, 7) is 2.57. The Hall–Kier alpha value is -1.55. The van der Waals surface area contributed by atoms with Gasteiger partial charge >= 0.3 is 6.03 Å². The Balaban J connectivity index is 1.58. The van der Waals surface area contributed by atoms with Crippen LogP contribution in [0.5, 0.6) is 0 Å². The summed E-state index contributed by atoms with van der Waals surface area (Å²) in [4.78, 5) is 12.1. The standard InChI is InChI=1S/C17H24N2O2/c1-12-10-14(12)15(13-6-3-2-4-7-13)19-16(20)18-11-17(21)8-5-9-17/h2-4,6-7,12,14-15,21H,5,8-11H2,1H3,(H2,18,19,20)/t12-,14-,15+/m1/s1. The molecule has 0 bridgehead atoms. The van der Waals surface area contributed by atoms with Gasteiger partial charge in [0, 0.05) is 6.54 Å². The van der Waals surface area contributed by atoms with Crippen LogP contribution in [-0.4, -0.2) is 23.3 Å². The number of rotatable bonds is 5. The lowest BCUT2D eigenvalue weighted by atomic mass is 9.80. The molecule has 2 fully saturated rings. The van der Waals surface area contributed by atoms with Crippen LogP contribution in [-0.2, 0) is 0 Å². The molecule has 0 spiro atoms. The molecule has 1 aromatic rings. The summed E-state index contributed by atoms with van der Waals surface area (Å²) in [5.41, 5.74) is 0.483. The Kier molecular flexibility index (Phi) is 3.89. The number of aliphatic hydroxyl groups is 1. The van der Waals surface area contributed by atoms with Crippen LogP contribution in [0.15, 0.2) is 30.3 Å². The normalized spacial score (nSPS) is 27.3. The lowest BCUT2D eigenvalue weighted by molar-refractivity contribution is -0.0290. The molecule has 2 aliphatic carbocycles. The summed E-state index contributed by atoms with van der Waals surface area (Å²) in [7, 11) is 0. The van der Waals surface area contributed by atoms with Crippen molar-refractivity contribution in [1.29, 1.82) is 0 Å². The van der Waals surface area contributed by atoms with Crippen molar-refractivity contribution in [2.24, 2.45) is 11.8 Å². The molecule has 0 radical (unpaired) electrons. The first kappa shape index (κ1) is 14.4. The van der Waals surface area contributed by atoms with E-state index in [0.29, 0.717) is 18.4 Å². The quantitative estimate of drug-likeness (QED) is 0.780. The maximum absolute atomic E-state index is 12.1. The summed E-state index contributed by atoms with van der Waals surface area (Å²) in [6, 6.07) is 10.0. The minimum Gasteiger partial charge on any atom is -0.388 e. The molecule has 2 aliphatic rings. The Morgan fingerprint density at radius 3 is 2.57 bits per heavy atom. The minimum absolute atomic E-state index is 0.0669. The van der Waals surface area contributed by atoms with Gasteiger partial charge in [-0.05, 0) is 43.1 Å². The number of carbonyl (C=O) groups is 1. The largest absolute Gasteiger partial charge is 0.388 e. The van der Waals surface area contributed by atoms with E-state index in [9.17, 15) is 9.90 Å². The van der Waals surface area contributed by atoms with Gasteiger partial charge in [0.25, 0.3) is 0 Å². The maximum atomic E-state index is 12.1. The van der Waals surface area contributed by atoms with Crippen molar-refractivity contribution in [2.75, 3.05) is 6.54 Å². The molecule has 0 saturated heterocycles. The van der Waals surface area contributed by atoms with E-state index in [1.165, 1.54) is 0 Å². The van der Waals surface area contributed by atoms with Crippen LogP contribution in [0.3, 0.4) is 0 Å². The van der Waals surface area contributed by atoms with Gasteiger partial charge in [-0.1, -0.05) is 37.3 Å². The number of benzene rings is 1. The van der Waals surface area contributed by atoms with Gasteiger partial charge in [0.15, 0.2) is 0 Å². The highest BCUT2D eigenvalue weighted by molar-refractivity contribution is 5.74. The molecule has 4 heteroatoms. The molecule has 0 aromatic heterocycles. The lowest BCUT2D eigenvalue weighted by Gasteiger charge is -2.36. The fourth-order valence-electron chi connectivity index (χ4n) is 3.11. The zero-order valence-corrected chi connectivity index (χ0v) is 12.5. The Labute approximate surface area is 125 Å². The van der Waals surface area contributed by atoms with E-state index in [2.05, 4.69) is 29.7 Å². The number of hydrogen-bond acceptors (Lipinski definition) is 2. The SMILES string of the molecule is C[C@@H]1C[C@H]1[C@@H](NC(=O)NCC1(O)CCC1)c1ccccc1. The van der Waals surface area contributed by atoms with Crippen LogP contribution in [0.2, 0.25) is 0 Å². The van der Waals surface area contributed by atoms with Gasteiger partial charge < -0.3 is 15.7 Å². The Morgan fingerprint density at radius 1 is 1.38 bits per heavy atom. The summed E-state index contributed by atoms with van der Waals surface area (Å²) < 4.78 is 0. The van der Waals surface area contributed by atoms with Gasteiger partial charge in [0.1, 0.15) is 0 Å². The van der Waals surface area contributed by atoms with Gasteiger partial charge in [-0.3, -0.25) is 0 Å². The Bertz CT molecular complexity index is 499. The fraction of sp³-hybridized carbons (Fsp3) is 0.588. The van der Waals surface area contributed by atoms with E-state index in [1.807, 2.05) is 18.2 Å². The molecule has 21 heavy (non-hydrogen) atoms. The minimum atomic E-state index is -0.674. The Morgan fingerprint density at radius 2 is 2.05 bits per heavy atom. The van der Waals surface area contributed by atoms with Crippen molar-refractivity contribution < 1.29 is 9.90 Å². The van der Waals surface area contributed by atoms with Gasteiger partial charge in [-0.15, -0.1) is 0 Å². The highest BCUT2D eigenvalue weighted by Gasteiger charge is 2.41. The fourth-order valence-corrected chi connectivity index (χ4v) is 3.11. The summed E-state index contributed by atoms with van der Waals surface area (Å²) in [5, 5.41) is 15.9. The molecule has 2 saturated carbocycles. The van der Waals surface area contributed by atoms with Crippen molar-refractivity contribution in [3.05, 3.63) is 35.9 Å². The average Bonchev–Trinajstić information content (AvgIpc) is 3.18. The second-order valence-corrected chi connectivity index (χ2v) is 6.67. The molecule has 2 amide bonds. The third kappa shape index (κ3) is 3.38. The van der Waals surface area contributed by atoms with E-state index < -0.39 is 5.60 Å². The molecule has 3 rings (SSSR count). The predicted octanol–water partition coefficient (Wildman–Crippen LogP) is 2.60. The van der Waals surface area contributed by atoms with Crippen LogP contribution >= 0.6 is 0 Å². The van der Waals surface area contributed by atoms with Crippen LogP contribution in [0.25, 0.3) is 0 Å². The first-order chi connectivity index (χ1) is 10.1. The molecule has 3 N–H and O–H groups in total. The van der Waals surface area contributed by atoms with Gasteiger partial charge in [-0.25, -0.2) is 4.79 Å². The summed E-state index contributed by atoms with van der Waals surface area (Å²) in [5.74, 6) is 1.18. The van der Waals surface area contributed by atoms with Crippen molar-refractivity contribution in [1.82, 2.24) is 10.6 Å². The number of carbonyl (C=O) groups excluding carboxylic acids is 1. The molecule has 4 nitrogen and oxygen atoms in total. The molecule has 114 valence electrons. The molecule has 0 heterocycles. The second kappa shape index (κ2) is 5.68. The van der Waals surface area contributed by atoms with Crippen molar-refractivity contribution >= 4 is 6.03 Å². The molecular weight excluding hydrogens is 264 g/mol. The van der Waals surface area contributed by atoms with Crippen LogP contribution in [0.1, 0.15) is 44.2 Å². The topological polar surface area (TPSA) is 61.4 Å². The van der Waals surface area contributed by atoms with Crippen LogP contribution in [0.4, 0.5) is 4.79 Å². The van der Waals surface area contributed by atoms with Crippen LogP contribution in [0, 0.1) is 11.8 Å². The van der Waals surface area contributed by atoms with Gasteiger partial charge in [-0.2, -0.15) is 0 Å². The zero-order valence-electron chi connectivity index (χ0n) is 12.5. The first-order valence-corrected chi connectivity index (χ1v) is 7.89. The van der Waals surface area contributed by atoms with Gasteiger partial charge in [0.05, 0.1) is 11.6 Å². The second-order valence-electron chi connectivity index (χ2n) is 6.67. The van der Waals surface area contributed by atoms with E-state index in [1.54, 1.807) is 0 Å². The number of hydrogen-bond donors (Lipinski definition) is 3. The van der Waals surface area contributed by atoms with Crippen molar-refractivity contribution in [3.8, 4) is 0 Å². The molecule has 3 atom stereocenters. The van der Waals surface area contributed by atoms with Crippen LogP contribution < -0.4 is 10.6 Å². The third-order valence-electron chi connectivity index (χ3n) is 4.91. The molecule has 1 aromatic carbocycles. The molecular formula is C17H24N2O2. The van der Waals surface area contributed by atoms with Gasteiger partial charge in [0.2, 0.25) is 0 Å². The average molecular weight is 288 g/mol.